The summed E-state index contributed by atoms with van der Waals surface area (Å²) in [4.78, 5) is 64.4. The molecule has 1 aromatic carbocycles. The van der Waals surface area contributed by atoms with Gasteiger partial charge in [0.25, 0.3) is 0 Å². The molecule has 2 bridgehead atoms. The highest BCUT2D eigenvalue weighted by molar-refractivity contribution is 7.98. The minimum absolute atomic E-state index is 0.0678. The number of rotatable bonds is 5. The summed E-state index contributed by atoms with van der Waals surface area (Å²) in [5, 5.41) is 11.0. The van der Waals surface area contributed by atoms with Crippen LogP contribution < -0.4 is 27.0 Å². The molecule has 0 aromatic heterocycles. The summed E-state index contributed by atoms with van der Waals surface area (Å²) < 4.78 is 0. The first-order chi connectivity index (χ1) is 19.4. The smallest absolute Gasteiger partial charge is 0.243 e. The lowest BCUT2D eigenvalue weighted by molar-refractivity contribution is -0.135. The lowest BCUT2D eigenvalue weighted by Crippen LogP contribution is -2.59. The maximum Gasteiger partial charge on any atom is 0.243 e. The monoisotopic (exact) mass is 607 g/mol. The third-order valence-electron chi connectivity index (χ3n) is 6.85. The molecular formula is C29H45N5O5S2. The van der Waals surface area contributed by atoms with Gasteiger partial charge in [-0.1, -0.05) is 58.4 Å². The van der Waals surface area contributed by atoms with Crippen molar-refractivity contribution >= 4 is 53.1 Å². The third-order valence-corrected chi connectivity index (χ3v) is 8.99. The fraction of sp³-hybridized carbons (Fsp3) is 0.621. The van der Waals surface area contributed by atoms with Crippen LogP contribution in [0.15, 0.2) is 24.3 Å². The topological polar surface area (TPSA) is 159 Å². The van der Waals surface area contributed by atoms with E-state index in [2.05, 4.69) is 27.3 Å². The predicted molar refractivity (Wildman–Crippen MR) is 165 cm³/mol. The molecule has 6 N–H and O–H groups in total. The normalized spacial score (nSPS) is 25.0. The van der Waals surface area contributed by atoms with E-state index in [4.69, 9.17) is 5.73 Å². The van der Waals surface area contributed by atoms with E-state index in [1.54, 1.807) is 18.7 Å². The molecule has 41 heavy (non-hydrogen) atoms. The lowest BCUT2D eigenvalue weighted by atomic mass is 9.96. The molecule has 1 unspecified atom stereocenters. The van der Waals surface area contributed by atoms with Crippen molar-refractivity contribution in [3.63, 3.8) is 0 Å². The van der Waals surface area contributed by atoms with Crippen LogP contribution in [0.2, 0.25) is 0 Å². The standard InChI is InChI=1S/C29H45N5O5S2/c1-6-18(4)25-29(39)33-23(26(30)36)16-41-15-21-9-7-8-20(13-21)14-40-11-10-24(35)31-19(5)27(37)32-22(12-17(2)3)28(38)34-25/h7-9,13,17-19,22-23,25H,6,10-12,14-16H2,1-5H3,(H2,30,36)(H,31,35)(H,32,37)(H,33,39)(H,34,38)/t18-,19+,22?,23-,25-/m0/s1. The van der Waals surface area contributed by atoms with Crippen LogP contribution in [0.4, 0.5) is 0 Å². The molecule has 0 spiro atoms. The minimum Gasteiger partial charge on any atom is -0.368 e. The van der Waals surface area contributed by atoms with E-state index >= 15 is 0 Å². The van der Waals surface area contributed by atoms with Gasteiger partial charge in [0.05, 0.1) is 0 Å². The van der Waals surface area contributed by atoms with Crippen molar-refractivity contribution < 1.29 is 24.0 Å². The van der Waals surface area contributed by atoms with Gasteiger partial charge in [-0.2, -0.15) is 23.5 Å². The number of hydrogen-bond donors (Lipinski definition) is 5. The summed E-state index contributed by atoms with van der Waals surface area (Å²) in [7, 11) is 0. The molecule has 1 aliphatic heterocycles. The molecule has 1 heterocycles. The van der Waals surface area contributed by atoms with Crippen LogP contribution in [0.3, 0.4) is 0 Å². The van der Waals surface area contributed by atoms with Crippen molar-refractivity contribution in [3.8, 4) is 0 Å². The fourth-order valence-corrected chi connectivity index (χ4v) is 6.16. The zero-order valence-electron chi connectivity index (χ0n) is 24.7. The van der Waals surface area contributed by atoms with Gasteiger partial charge in [0, 0.05) is 29.4 Å². The van der Waals surface area contributed by atoms with Crippen LogP contribution in [0, 0.1) is 11.8 Å². The Kier molecular flexibility index (Phi) is 14.5. The molecule has 0 radical (unpaired) electrons. The Bertz CT molecular complexity index is 1070. The molecule has 5 atom stereocenters. The molecule has 0 saturated carbocycles. The van der Waals surface area contributed by atoms with Gasteiger partial charge < -0.3 is 27.0 Å². The number of thioether (sulfide) groups is 2. The molecule has 0 fully saturated rings. The number of benzene rings is 1. The van der Waals surface area contributed by atoms with Crippen molar-refractivity contribution in [1.29, 1.82) is 0 Å². The first-order valence-electron chi connectivity index (χ1n) is 14.1. The molecule has 228 valence electrons. The highest BCUT2D eigenvalue weighted by Gasteiger charge is 2.32. The number of carbonyl (C=O) groups excluding carboxylic acids is 5. The number of nitrogens with two attached hydrogens (primary N) is 1. The summed E-state index contributed by atoms with van der Waals surface area (Å²) in [6.45, 7) is 9.16. The lowest BCUT2D eigenvalue weighted by Gasteiger charge is -2.29. The van der Waals surface area contributed by atoms with Gasteiger partial charge in [0.1, 0.15) is 24.2 Å². The van der Waals surface area contributed by atoms with Gasteiger partial charge >= 0.3 is 0 Å². The largest absolute Gasteiger partial charge is 0.368 e. The van der Waals surface area contributed by atoms with Crippen molar-refractivity contribution in [2.75, 3.05) is 11.5 Å². The molecule has 5 amide bonds. The second kappa shape index (κ2) is 17.3. The Morgan fingerprint density at radius 2 is 1.61 bits per heavy atom. The quantitative estimate of drug-likeness (QED) is 0.343. The Morgan fingerprint density at radius 3 is 2.22 bits per heavy atom. The molecule has 12 heteroatoms. The highest BCUT2D eigenvalue weighted by atomic mass is 32.2. The molecule has 0 aliphatic carbocycles. The number of primary amides is 1. The number of nitrogens with one attached hydrogen (secondary N) is 4. The van der Waals surface area contributed by atoms with E-state index in [-0.39, 0.29) is 29.9 Å². The van der Waals surface area contributed by atoms with Gasteiger partial charge in [-0.15, -0.1) is 0 Å². The second-order valence-corrected chi connectivity index (χ2v) is 13.1. The number of amides is 5. The van der Waals surface area contributed by atoms with E-state index in [0.29, 0.717) is 24.3 Å². The summed E-state index contributed by atoms with van der Waals surface area (Å²) in [6, 6.07) is 4.47. The first-order valence-corrected chi connectivity index (χ1v) is 16.4. The summed E-state index contributed by atoms with van der Waals surface area (Å²) in [5.41, 5.74) is 7.82. The minimum atomic E-state index is -0.935. The Balaban J connectivity index is 2.32. The SMILES string of the molecule is CC[C@H](C)[C@@H]1NC(=O)C(CC(C)C)NC(=O)[C@@H](C)NC(=O)CCSCc2cccc(c2)CSC[C@@H](C(N)=O)NC1=O. The summed E-state index contributed by atoms with van der Waals surface area (Å²) in [6.07, 6.45) is 1.19. The summed E-state index contributed by atoms with van der Waals surface area (Å²) in [5.74, 6) is -0.349. The van der Waals surface area contributed by atoms with E-state index in [1.807, 2.05) is 45.9 Å². The van der Waals surface area contributed by atoms with E-state index in [1.165, 1.54) is 11.8 Å². The third kappa shape index (κ3) is 12.0. The molecular weight excluding hydrogens is 562 g/mol. The maximum absolute atomic E-state index is 13.4. The van der Waals surface area contributed by atoms with Gasteiger partial charge in [0.2, 0.25) is 29.5 Å². The molecule has 2 rings (SSSR count). The predicted octanol–water partition coefficient (Wildman–Crippen LogP) is 2.09. The highest BCUT2D eigenvalue weighted by Crippen LogP contribution is 2.19. The van der Waals surface area contributed by atoms with Gasteiger partial charge in [-0.05, 0) is 36.3 Å². The van der Waals surface area contributed by atoms with Crippen LogP contribution in [0.5, 0.6) is 0 Å². The van der Waals surface area contributed by atoms with Crippen LogP contribution in [-0.4, -0.2) is 65.2 Å². The van der Waals surface area contributed by atoms with Crippen LogP contribution >= 0.6 is 23.5 Å². The molecule has 0 saturated heterocycles. The van der Waals surface area contributed by atoms with Crippen LogP contribution in [0.25, 0.3) is 0 Å². The fourth-order valence-electron chi connectivity index (χ4n) is 4.25. The van der Waals surface area contributed by atoms with Crippen LogP contribution in [0.1, 0.15) is 65.0 Å². The average molecular weight is 608 g/mol. The Labute approximate surface area is 251 Å². The van der Waals surface area contributed by atoms with Gasteiger partial charge in [-0.25, -0.2) is 0 Å². The summed E-state index contributed by atoms with van der Waals surface area (Å²) >= 11 is 3.10. The Morgan fingerprint density at radius 1 is 0.951 bits per heavy atom. The van der Waals surface area contributed by atoms with Crippen LogP contribution in [-0.2, 0) is 35.5 Å². The molecule has 10 nitrogen and oxygen atoms in total. The van der Waals surface area contributed by atoms with Crippen molar-refractivity contribution in [1.82, 2.24) is 21.3 Å². The van der Waals surface area contributed by atoms with Gasteiger partial charge in [-0.3, -0.25) is 24.0 Å². The average Bonchev–Trinajstić information content (AvgIpc) is 2.91. The number of hydrogen-bond acceptors (Lipinski definition) is 7. The van der Waals surface area contributed by atoms with Crippen molar-refractivity contribution in [3.05, 3.63) is 35.4 Å². The number of fused-ring (bicyclic) bond motifs is 2. The molecule has 1 aromatic rings. The molecule has 1 aliphatic rings. The second-order valence-electron chi connectivity index (χ2n) is 11.0. The van der Waals surface area contributed by atoms with E-state index in [9.17, 15) is 24.0 Å². The zero-order valence-corrected chi connectivity index (χ0v) is 26.3. The van der Waals surface area contributed by atoms with Crippen molar-refractivity contribution in [2.45, 2.75) is 89.6 Å². The maximum atomic E-state index is 13.4. The van der Waals surface area contributed by atoms with E-state index in [0.717, 1.165) is 16.9 Å². The van der Waals surface area contributed by atoms with E-state index < -0.39 is 47.8 Å². The Hall–Kier alpha value is -2.73. The number of carbonyl (C=O) groups is 5. The van der Waals surface area contributed by atoms with Crippen molar-refractivity contribution in [2.24, 2.45) is 17.6 Å². The first kappa shape index (κ1) is 34.5. The van der Waals surface area contributed by atoms with Gasteiger partial charge in [0.15, 0.2) is 0 Å². The zero-order chi connectivity index (χ0) is 30.5.